The number of thiophene rings is 1. The third-order valence-electron chi connectivity index (χ3n) is 7.43. The number of sulfonamides is 1. The first kappa shape index (κ1) is 30.7. The minimum atomic E-state index is -3.59. The van der Waals surface area contributed by atoms with Crippen LogP contribution in [0.3, 0.4) is 0 Å². The number of amides is 2. The summed E-state index contributed by atoms with van der Waals surface area (Å²) in [6.45, 7) is 2.63. The van der Waals surface area contributed by atoms with Gasteiger partial charge in [-0.15, -0.1) is 11.3 Å². The lowest BCUT2D eigenvalue weighted by molar-refractivity contribution is -0.119. The van der Waals surface area contributed by atoms with Crippen molar-refractivity contribution in [2.75, 3.05) is 39.8 Å². The molecule has 2 heterocycles. The highest BCUT2D eigenvalue weighted by Gasteiger charge is 2.31. The van der Waals surface area contributed by atoms with E-state index in [4.69, 9.17) is 10.5 Å². The average molecular weight is 599 g/mol. The van der Waals surface area contributed by atoms with Crippen LogP contribution in [0.5, 0.6) is 0 Å². The number of nitrogens with two attached hydrogens (primary N) is 1. The van der Waals surface area contributed by atoms with E-state index in [1.54, 1.807) is 48.7 Å². The van der Waals surface area contributed by atoms with Crippen LogP contribution < -0.4 is 5.73 Å². The van der Waals surface area contributed by atoms with Crippen LogP contribution in [0.25, 0.3) is 0 Å². The van der Waals surface area contributed by atoms with Gasteiger partial charge in [0.05, 0.1) is 4.90 Å². The molecule has 0 aliphatic carbocycles. The molecule has 9 nitrogen and oxygen atoms in total. The van der Waals surface area contributed by atoms with Gasteiger partial charge in [0.1, 0.15) is 13.2 Å². The molecule has 2 N–H and O–H groups in total. The van der Waals surface area contributed by atoms with Crippen molar-refractivity contribution in [1.29, 1.82) is 0 Å². The molecule has 3 aromatic rings. The van der Waals surface area contributed by atoms with Gasteiger partial charge < -0.3 is 15.4 Å². The maximum atomic E-state index is 13.1. The van der Waals surface area contributed by atoms with Crippen LogP contribution in [0.15, 0.2) is 83.1 Å². The Morgan fingerprint density at radius 1 is 1.02 bits per heavy atom. The number of nitrogens with zero attached hydrogens (tertiary/aromatic N) is 3. The van der Waals surface area contributed by atoms with Crippen molar-refractivity contribution >= 4 is 33.4 Å². The summed E-state index contributed by atoms with van der Waals surface area (Å²) in [7, 11) is -1.95. The SMILES string of the molecule is CN(C[C@@H](CCN1CCC(N(CC(N)=O)C(=O)OCc2ccccc2)CC1)c1cccs1)S(=O)(=O)c1ccccc1. The van der Waals surface area contributed by atoms with E-state index in [0.717, 1.165) is 36.5 Å². The molecule has 0 radical (unpaired) electrons. The third kappa shape index (κ3) is 8.62. The Hall–Kier alpha value is -3.25. The zero-order valence-electron chi connectivity index (χ0n) is 23.3. The standard InChI is InChI=1S/C30H38N4O5S2/c1-32(41(37,38)27-11-6-3-7-12-27)21-25(28-13-8-20-40-28)14-17-33-18-15-26(16-19-33)34(22-29(31)35)30(36)39-23-24-9-4-2-5-10-24/h2-13,20,25-26H,14-19,21-23H2,1H3,(H2,31,35)/t25-/m1/s1. The molecular formula is C30H38N4O5S2. The molecule has 4 rings (SSSR count). The Kier molecular flexibility index (Phi) is 10.9. The van der Waals surface area contributed by atoms with Crippen molar-refractivity contribution in [1.82, 2.24) is 14.1 Å². The van der Waals surface area contributed by atoms with Gasteiger partial charge in [0, 0.05) is 43.5 Å². The second-order valence-corrected chi connectivity index (χ2v) is 13.3. The van der Waals surface area contributed by atoms with Crippen LogP contribution in [0.2, 0.25) is 0 Å². The molecule has 2 amide bonds. The van der Waals surface area contributed by atoms with E-state index < -0.39 is 22.0 Å². The topological polar surface area (TPSA) is 113 Å². The van der Waals surface area contributed by atoms with E-state index >= 15 is 0 Å². The number of hydrogen-bond donors (Lipinski definition) is 1. The molecular weight excluding hydrogens is 560 g/mol. The molecule has 1 fully saturated rings. The molecule has 1 saturated heterocycles. The van der Waals surface area contributed by atoms with Gasteiger partial charge in [-0.3, -0.25) is 9.69 Å². The third-order valence-corrected chi connectivity index (χ3v) is 10.3. The first-order valence-corrected chi connectivity index (χ1v) is 16.1. The minimum absolute atomic E-state index is 0.0514. The van der Waals surface area contributed by atoms with Gasteiger partial charge in [0.2, 0.25) is 15.9 Å². The van der Waals surface area contributed by atoms with Crippen molar-refractivity contribution in [3.63, 3.8) is 0 Å². The molecule has 0 spiro atoms. The van der Waals surface area contributed by atoms with Gasteiger partial charge in [-0.2, -0.15) is 0 Å². The number of benzene rings is 2. The Balaban J connectivity index is 1.32. The highest BCUT2D eigenvalue weighted by atomic mass is 32.2. The summed E-state index contributed by atoms with van der Waals surface area (Å²) in [4.78, 5) is 29.9. The number of carbonyl (C=O) groups is 2. The molecule has 1 atom stereocenters. The normalized spacial score (nSPS) is 15.5. The van der Waals surface area contributed by atoms with Gasteiger partial charge in [-0.1, -0.05) is 54.6 Å². The van der Waals surface area contributed by atoms with Gasteiger partial charge in [-0.05, 0) is 54.9 Å². The van der Waals surface area contributed by atoms with Crippen LogP contribution in [-0.4, -0.2) is 80.3 Å². The molecule has 2 aromatic carbocycles. The predicted molar refractivity (Wildman–Crippen MR) is 160 cm³/mol. The number of rotatable bonds is 13. The van der Waals surface area contributed by atoms with Gasteiger partial charge in [0.25, 0.3) is 0 Å². The van der Waals surface area contributed by atoms with Gasteiger partial charge in [0.15, 0.2) is 0 Å². The quantitative estimate of drug-likeness (QED) is 0.317. The molecule has 11 heteroatoms. The summed E-state index contributed by atoms with van der Waals surface area (Å²) < 4.78 is 33.2. The first-order chi connectivity index (χ1) is 19.7. The molecule has 0 bridgehead atoms. The fourth-order valence-corrected chi connectivity index (χ4v) is 7.23. The number of hydrogen-bond acceptors (Lipinski definition) is 7. The van der Waals surface area contributed by atoms with Crippen LogP contribution in [-0.2, 0) is 26.2 Å². The molecule has 1 aliphatic heterocycles. The van der Waals surface area contributed by atoms with Crippen molar-refractivity contribution < 1.29 is 22.7 Å². The van der Waals surface area contributed by atoms with Crippen molar-refractivity contribution in [2.45, 2.75) is 42.7 Å². The maximum absolute atomic E-state index is 13.1. The average Bonchev–Trinajstić information content (AvgIpc) is 3.53. The van der Waals surface area contributed by atoms with Crippen LogP contribution in [0.1, 0.15) is 35.6 Å². The van der Waals surface area contributed by atoms with E-state index in [0.29, 0.717) is 19.4 Å². The summed E-state index contributed by atoms with van der Waals surface area (Å²) in [6, 6.07) is 21.8. The molecule has 1 aliphatic rings. The molecule has 1 aromatic heterocycles. The molecule has 220 valence electrons. The van der Waals surface area contributed by atoms with E-state index in [1.807, 2.05) is 41.8 Å². The lowest BCUT2D eigenvalue weighted by Gasteiger charge is -2.38. The van der Waals surface area contributed by atoms with E-state index in [2.05, 4.69) is 11.0 Å². The Morgan fingerprint density at radius 3 is 2.29 bits per heavy atom. The Bertz CT molecular complexity index is 1350. The van der Waals surface area contributed by atoms with Gasteiger partial charge >= 0.3 is 6.09 Å². The number of piperidine rings is 1. The summed E-state index contributed by atoms with van der Waals surface area (Å²) in [5.41, 5.74) is 6.33. The predicted octanol–water partition coefficient (Wildman–Crippen LogP) is 4.13. The van der Waals surface area contributed by atoms with Crippen molar-refractivity contribution in [3.05, 3.63) is 88.6 Å². The highest BCUT2D eigenvalue weighted by molar-refractivity contribution is 7.89. The first-order valence-electron chi connectivity index (χ1n) is 13.8. The summed E-state index contributed by atoms with van der Waals surface area (Å²) in [5.74, 6) is -0.520. The lowest BCUT2D eigenvalue weighted by Crippen LogP contribution is -2.50. The molecule has 0 saturated carbocycles. The van der Waals surface area contributed by atoms with E-state index in [9.17, 15) is 18.0 Å². The van der Waals surface area contributed by atoms with E-state index in [-0.39, 0.29) is 30.0 Å². The summed E-state index contributed by atoms with van der Waals surface area (Å²) in [6.07, 6.45) is 1.65. The lowest BCUT2D eigenvalue weighted by atomic mass is 10.00. The zero-order chi connectivity index (χ0) is 29.2. The Labute approximate surface area is 246 Å². The van der Waals surface area contributed by atoms with Crippen molar-refractivity contribution in [2.24, 2.45) is 5.73 Å². The largest absolute Gasteiger partial charge is 0.445 e. The number of ether oxygens (including phenoxy) is 1. The zero-order valence-corrected chi connectivity index (χ0v) is 24.9. The molecule has 41 heavy (non-hydrogen) atoms. The monoisotopic (exact) mass is 598 g/mol. The Morgan fingerprint density at radius 2 is 1.68 bits per heavy atom. The number of likely N-dealkylation sites (N-methyl/N-ethyl adjacent to an activating group) is 1. The number of primary amides is 1. The van der Waals surface area contributed by atoms with E-state index in [1.165, 1.54) is 9.21 Å². The fourth-order valence-electron chi connectivity index (χ4n) is 5.13. The van der Waals surface area contributed by atoms with Crippen LogP contribution in [0.4, 0.5) is 4.79 Å². The number of carbonyl (C=O) groups excluding carboxylic acids is 2. The van der Waals surface area contributed by atoms with Crippen LogP contribution in [0, 0.1) is 0 Å². The highest BCUT2D eigenvalue weighted by Crippen LogP contribution is 2.28. The second-order valence-electron chi connectivity index (χ2n) is 10.3. The number of likely N-dealkylation sites (tertiary alicyclic amines) is 1. The maximum Gasteiger partial charge on any atom is 0.410 e. The smallest absolute Gasteiger partial charge is 0.410 e. The second kappa shape index (κ2) is 14.6. The summed E-state index contributed by atoms with van der Waals surface area (Å²) >= 11 is 1.64. The fraction of sp³-hybridized carbons (Fsp3) is 0.400. The molecule has 0 unspecified atom stereocenters. The summed E-state index contributed by atoms with van der Waals surface area (Å²) in [5, 5.41) is 2.02. The van der Waals surface area contributed by atoms with Crippen molar-refractivity contribution in [3.8, 4) is 0 Å². The van der Waals surface area contributed by atoms with Crippen LogP contribution >= 0.6 is 11.3 Å². The minimum Gasteiger partial charge on any atom is -0.445 e. The van der Waals surface area contributed by atoms with Gasteiger partial charge in [-0.25, -0.2) is 17.5 Å².